The van der Waals surface area contributed by atoms with Crippen molar-refractivity contribution < 1.29 is 8.83 Å². The van der Waals surface area contributed by atoms with E-state index in [1.165, 1.54) is 0 Å². The van der Waals surface area contributed by atoms with E-state index in [-0.39, 0.29) is 0 Å². The van der Waals surface area contributed by atoms with E-state index >= 15 is 0 Å². The molecule has 30 heavy (non-hydrogen) atoms. The molecule has 0 amide bonds. The van der Waals surface area contributed by atoms with Crippen molar-refractivity contribution in [2.75, 3.05) is 0 Å². The minimum atomic E-state index is 0.723. The number of benzene rings is 2. The maximum atomic E-state index is 5.86. The first kappa shape index (κ1) is 19.3. The van der Waals surface area contributed by atoms with E-state index in [0.717, 1.165) is 56.1 Å². The van der Waals surface area contributed by atoms with Gasteiger partial charge in [-0.05, 0) is 35.4 Å². The molecule has 0 radical (unpaired) electrons. The van der Waals surface area contributed by atoms with Crippen LogP contribution in [0, 0.1) is 0 Å². The van der Waals surface area contributed by atoms with Crippen LogP contribution in [0.5, 0.6) is 0 Å². The third-order valence-corrected chi connectivity index (χ3v) is 4.96. The maximum Gasteiger partial charge on any atom is 0.135 e. The summed E-state index contributed by atoms with van der Waals surface area (Å²) >= 11 is 0. The van der Waals surface area contributed by atoms with Gasteiger partial charge in [0.15, 0.2) is 0 Å². The standard InChI is InChI=1S/C28H22O2/c1-5-21-17-28(29-25(21)6-2)23-15-13-22(14-16-23)19(3)11-12-20(4)27-18-24-9-7-8-10-26(24)30-27/h5-18H,1-4H2/b12-11-. The van der Waals surface area contributed by atoms with E-state index < -0.39 is 0 Å². The van der Waals surface area contributed by atoms with Gasteiger partial charge < -0.3 is 8.83 Å². The number of fused-ring (bicyclic) bond motifs is 1. The van der Waals surface area contributed by atoms with E-state index in [1.807, 2.05) is 72.8 Å². The molecule has 0 atom stereocenters. The Morgan fingerprint density at radius 1 is 0.767 bits per heavy atom. The van der Waals surface area contributed by atoms with Crippen LogP contribution in [0.1, 0.15) is 22.6 Å². The first-order chi connectivity index (χ1) is 14.6. The zero-order valence-corrected chi connectivity index (χ0v) is 16.7. The SMILES string of the molecule is C=Cc1cc(-c2ccc(C(=C)/C=C\C(=C)c3cc4ccccc4o3)cc2)oc1C=C. The highest BCUT2D eigenvalue weighted by Crippen LogP contribution is 2.29. The van der Waals surface area contributed by atoms with Crippen molar-refractivity contribution in [3.8, 4) is 11.3 Å². The Morgan fingerprint density at radius 2 is 1.50 bits per heavy atom. The Kier molecular flexibility index (Phi) is 5.23. The molecule has 0 aliphatic heterocycles. The Hall–Kier alpha value is -4.04. The summed E-state index contributed by atoms with van der Waals surface area (Å²) in [7, 11) is 0. The van der Waals surface area contributed by atoms with Gasteiger partial charge in [-0.1, -0.05) is 87.0 Å². The highest BCUT2D eigenvalue weighted by atomic mass is 16.3. The van der Waals surface area contributed by atoms with Crippen LogP contribution < -0.4 is 0 Å². The molecule has 0 aliphatic carbocycles. The Bertz CT molecular complexity index is 1230. The fourth-order valence-corrected chi connectivity index (χ4v) is 3.25. The van der Waals surface area contributed by atoms with Gasteiger partial charge in [0.25, 0.3) is 0 Å². The molecule has 2 aromatic heterocycles. The van der Waals surface area contributed by atoms with Crippen molar-refractivity contribution >= 4 is 34.3 Å². The van der Waals surface area contributed by atoms with Crippen molar-refractivity contribution in [2.45, 2.75) is 0 Å². The molecule has 2 aromatic carbocycles. The number of rotatable bonds is 7. The summed E-state index contributed by atoms with van der Waals surface area (Å²) in [6.07, 6.45) is 7.33. The highest BCUT2D eigenvalue weighted by Gasteiger charge is 2.09. The molecule has 0 saturated carbocycles. The number of allylic oxidation sites excluding steroid dienone is 4. The largest absolute Gasteiger partial charge is 0.456 e. The minimum absolute atomic E-state index is 0.723. The van der Waals surface area contributed by atoms with E-state index in [1.54, 1.807) is 12.2 Å². The van der Waals surface area contributed by atoms with E-state index in [0.29, 0.717) is 0 Å². The maximum absolute atomic E-state index is 5.86. The number of hydrogen-bond acceptors (Lipinski definition) is 2. The molecule has 0 bridgehead atoms. The molecule has 0 fully saturated rings. The summed E-state index contributed by atoms with van der Waals surface area (Å²) < 4.78 is 11.7. The summed E-state index contributed by atoms with van der Waals surface area (Å²) in [5.74, 6) is 2.26. The molecule has 146 valence electrons. The highest BCUT2D eigenvalue weighted by molar-refractivity contribution is 5.85. The predicted molar refractivity (Wildman–Crippen MR) is 128 cm³/mol. The molecule has 0 unspecified atom stereocenters. The molecule has 0 N–H and O–H groups in total. The van der Waals surface area contributed by atoms with Crippen LogP contribution in [0.3, 0.4) is 0 Å². The fourth-order valence-electron chi connectivity index (χ4n) is 3.25. The van der Waals surface area contributed by atoms with Crippen molar-refractivity contribution in [3.63, 3.8) is 0 Å². The average Bonchev–Trinajstić information content (AvgIpc) is 3.41. The van der Waals surface area contributed by atoms with Crippen LogP contribution in [-0.2, 0) is 0 Å². The normalized spacial score (nSPS) is 11.1. The van der Waals surface area contributed by atoms with Crippen LogP contribution in [0.2, 0.25) is 0 Å². The van der Waals surface area contributed by atoms with Crippen molar-refractivity contribution in [1.29, 1.82) is 0 Å². The molecule has 4 aromatic rings. The smallest absolute Gasteiger partial charge is 0.135 e. The zero-order valence-electron chi connectivity index (χ0n) is 16.7. The lowest BCUT2D eigenvalue weighted by molar-refractivity contribution is 0.571. The summed E-state index contributed by atoms with van der Waals surface area (Å²) in [6.45, 7) is 15.9. The summed E-state index contributed by atoms with van der Waals surface area (Å²) in [5, 5.41) is 1.06. The zero-order chi connectivity index (χ0) is 21.1. The first-order valence-corrected chi connectivity index (χ1v) is 9.63. The van der Waals surface area contributed by atoms with Gasteiger partial charge in [-0.25, -0.2) is 0 Å². The van der Waals surface area contributed by atoms with Gasteiger partial charge in [-0.3, -0.25) is 0 Å². The fraction of sp³-hybridized carbons (Fsp3) is 0. The quantitative estimate of drug-likeness (QED) is 0.297. The lowest BCUT2D eigenvalue weighted by atomic mass is 10.0. The predicted octanol–water partition coefficient (Wildman–Crippen LogP) is 8.26. The Labute approximate surface area is 176 Å². The van der Waals surface area contributed by atoms with Gasteiger partial charge in [0.1, 0.15) is 22.9 Å². The molecule has 0 aliphatic rings. The molecular formula is C28H22O2. The summed E-state index contributed by atoms with van der Waals surface area (Å²) in [4.78, 5) is 0. The lowest BCUT2D eigenvalue weighted by Gasteiger charge is -2.03. The summed E-state index contributed by atoms with van der Waals surface area (Å²) in [5.41, 5.74) is 5.48. The van der Waals surface area contributed by atoms with Gasteiger partial charge in [-0.2, -0.15) is 0 Å². The third-order valence-electron chi connectivity index (χ3n) is 4.96. The van der Waals surface area contributed by atoms with Gasteiger partial charge in [0.05, 0.1) is 0 Å². The molecule has 2 nitrogen and oxygen atoms in total. The molecule has 4 rings (SSSR count). The molecular weight excluding hydrogens is 368 g/mol. The van der Waals surface area contributed by atoms with Crippen LogP contribution in [0.4, 0.5) is 0 Å². The van der Waals surface area contributed by atoms with Gasteiger partial charge in [0, 0.05) is 22.1 Å². The second kappa shape index (κ2) is 8.14. The van der Waals surface area contributed by atoms with Crippen LogP contribution in [0.25, 0.3) is 45.6 Å². The van der Waals surface area contributed by atoms with Gasteiger partial charge >= 0.3 is 0 Å². The minimum Gasteiger partial charge on any atom is -0.456 e. The van der Waals surface area contributed by atoms with Gasteiger partial charge in [-0.15, -0.1) is 0 Å². The third kappa shape index (κ3) is 3.76. The molecule has 0 saturated heterocycles. The van der Waals surface area contributed by atoms with E-state index in [2.05, 4.69) is 26.3 Å². The topological polar surface area (TPSA) is 26.3 Å². The molecule has 2 heteroatoms. The molecule has 0 spiro atoms. The monoisotopic (exact) mass is 390 g/mol. The number of furan rings is 2. The second-order valence-electron chi connectivity index (χ2n) is 6.95. The number of hydrogen-bond donors (Lipinski definition) is 0. The first-order valence-electron chi connectivity index (χ1n) is 9.63. The van der Waals surface area contributed by atoms with Crippen LogP contribution in [0.15, 0.2) is 108 Å². The Balaban J connectivity index is 1.49. The van der Waals surface area contributed by atoms with E-state index in [4.69, 9.17) is 8.83 Å². The van der Waals surface area contributed by atoms with Crippen LogP contribution >= 0.6 is 0 Å². The molecule has 2 heterocycles. The van der Waals surface area contributed by atoms with E-state index in [9.17, 15) is 0 Å². The van der Waals surface area contributed by atoms with Crippen LogP contribution in [-0.4, -0.2) is 0 Å². The van der Waals surface area contributed by atoms with Gasteiger partial charge in [0.2, 0.25) is 0 Å². The number of para-hydroxylation sites is 1. The summed E-state index contributed by atoms with van der Waals surface area (Å²) in [6, 6.07) is 20.0. The Morgan fingerprint density at radius 3 is 2.17 bits per heavy atom. The average molecular weight is 390 g/mol. The van der Waals surface area contributed by atoms with Crippen molar-refractivity contribution in [3.05, 3.63) is 122 Å². The van der Waals surface area contributed by atoms with Crippen molar-refractivity contribution in [2.24, 2.45) is 0 Å². The lowest BCUT2D eigenvalue weighted by Crippen LogP contribution is -1.81. The van der Waals surface area contributed by atoms with Crippen molar-refractivity contribution in [1.82, 2.24) is 0 Å². The second-order valence-corrected chi connectivity index (χ2v) is 6.95.